The van der Waals surface area contributed by atoms with Crippen LogP contribution in [0.3, 0.4) is 0 Å². The van der Waals surface area contributed by atoms with E-state index < -0.39 is 0 Å². The summed E-state index contributed by atoms with van der Waals surface area (Å²) in [4.78, 5) is 22.1. The fourth-order valence-electron chi connectivity index (χ4n) is 2.40. The summed E-state index contributed by atoms with van der Waals surface area (Å²) in [6.07, 6.45) is 3.70. The van der Waals surface area contributed by atoms with Crippen LogP contribution in [0, 0.1) is 0 Å². The van der Waals surface area contributed by atoms with Gasteiger partial charge in [-0.05, 0) is 12.8 Å². The number of rotatable bonds is 6. The average Bonchev–Trinajstić information content (AvgIpc) is 2.94. The Bertz CT molecular complexity index is 454. The molecular weight excluding hydrogens is 258 g/mol. The molecule has 1 unspecified atom stereocenters. The number of carbonyl (C=O) groups is 1. The van der Waals surface area contributed by atoms with E-state index in [4.69, 9.17) is 4.74 Å². The van der Waals surface area contributed by atoms with Crippen molar-refractivity contribution in [3.05, 3.63) is 12.4 Å². The van der Waals surface area contributed by atoms with Crippen molar-refractivity contribution in [3.8, 4) is 0 Å². The lowest BCUT2D eigenvalue weighted by atomic mass is 10.2. The number of hydrogen-bond donors (Lipinski definition) is 2. The predicted octanol–water partition coefficient (Wildman–Crippen LogP) is 0.250. The molecule has 2 N–H and O–H groups in total. The van der Waals surface area contributed by atoms with E-state index in [1.807, 2.05) is 13.1 Å². The van der Waals surface area contributed by atoms with E-state index in [1.165, 1.54) is 7.11 Å². The van der Waals surface area contributed by atoms with Gasteiger partial charge in [0.2, 0.25) is 5.91 Å². The minimum atomic E-state index is -0.0852. The maximum Gasteiger partial charge on any atom is 0.246 e. The van der Waals surface area contributed by atoms with Crippen molar-refractivity contribution < 1.29 is 9.53 Å². The second kappa shape index (κ2) is 7.04. The van der Waals surface area contributed by atoms with Gasteiger partial charge in [-0.2, -0.15) is 0 Å². The number of nitrogens with zero attached hydrogens (tertiary/aromatic N) is 3. The predicted molar refractivity (Wildman–Crippen MR) is 76.8 cm³/mol. The van der Waals surface area contributed by atoms with Crippen LogP contribution in [0.4, 0.5) is 11.6 Å². The minimum absolute atomic E-state index is 0.0852. The number of amides is 1. The highest BCUT2D eigenvalue weighted by Gasteiger charge is 2.26. The van der Waals surface area contributed by atoms with Gasteiger partial charge >= 0.3 is 0 Å². The van der Waals surface area contributed by atoms with Gasteiger partial charge in [0.25, 0.3) is 0 Å². The molecule has 0 aromatic carbocycles. The third kappa shape index (κ3) is 3.57. The second-order valence-corrected chi connectivity index (χ2v) is 4.74. The SMILES string of the molecule is CNc1cc(N2CCCC2CNC(=O)COC)ncn1. The van der Waals surface area contributed by atoms with Crippen LogP contribution in [-0.2, 0) is 9.53 Å². The molecule has 1 atom stereocenters. The molecule has 20 heavy (non-hydrogen) atoms. The van der Waals surface area contributed by atoms with Crippen LogP contribution in [0.25, 0.3) is 0 Å². The highest BCUT2D eigenvalue weighted by atomic mass is 16.5. The van der Waals surface area contributed by atoms with E-state index in [0.717, 1.165) is 31.0 Å². The first-order valence-corrected chi connectivity index (χ1v) is 6.76. The Hall–Kier alpha value is -1.89. The second-order valence-electron chi connectivity index (χ2n) is 4.74. The standard InChI is InChI=1S/C13H21N5O2/c1-14-11-6-12(17-9-16-11)18-5-3-4-10(18)7-15-13(19)8-20-2/h6,9-10H,3-5,7-8H2,1-2H3,(H,15,19)(H,14,16,17). The summed E-state index contributed by atoms with van der Waals surface area (Å²) >= 11 is 0. The Labute approximate surface area is 118 Å². The summed E-state index contributed by atoms with van der Waals surface area (Å²) in [5.74, 6) is 1.61. The van der Waals surface area contributed by atoms with Crippen molar-refractivity contribution in [2.24, 2.45) is 0 Å². The number of methoxy groups -OCH3 is 1. The molecule has 7 nitrogen and oxygen atoms in total. The Kier molecular flexibility index (Phi) is 5.11. The minimum Gasteiger partial charge on any atom is -0.375 e. The van der Waals surface area contributed by atoms with E-state index in [1.54, 1.807) is 6.33 Å². The van der Waals surface area contributed by atoms with Crippen LogP contribution in [0.2, 0.25) is 0 Å². The van der Waals surface area contributed by atoms with Crippen LogP contribution in [0.5, 0.6) is 0 Å². The summed E-state index contributed by atoms with van der Waals surface area (Å²) in [7, 11) is 3.35. The van der Waals surface area contributed by atoms with Gasteiger partial charge in [0.1, 0.15) is 24.6 Å². The number of ether oxygens (including phenoxy) is 1. The molecule has 1 aromatic rings. The Morgan fingerprint density at radius 3 is 3.15 bits per heavy atom. The summed E-state index contributed by atoms with van der Waals surface area (Å²) in [5.41, 5.74) is 0. The zero-order chi connectivity index (χ0) is 14.4. The van der Waals surface area contributed by atoms with Crippen molar-refractivity contribution in [2.45, 2.75) is 18.9 Å². The number of nitrogens with one attached hydrogen (secondary N) is 2. The van der Waals surface area contributed by atoms with Crippen molar-refractivity contribution in [1.82, 2.24) is 15.3 Å². The summed E-state index contributed by atoms with van der Waals surface area (Å²) in [6, 6.07) is 2.20. The first-order valence-electron chi connectivity index (χ1n) is 6.76. The van der Waals surface area contributed by atoms with Crippen LogP contribution in [0.1, 0.15) is 12.8 Å². The Morgan fingerprint density at radius 1 is 1.55 bits per heavy atom. The lowest BCUT2D eigenvalue weighted by Gasteiger charge is -2.26. The summed E-state index contributed by atoms with van der Waals surface area (Å²) in [6.45, 7) is 1.66. The Morgan fingerprint density at radius 2 is 2.40 bits per heavy atom. The van der Waals surface area contributed by atoms with Crippen LogP contribution in [-0.4, -0.2) is 55.8 Å². The average molecular weight is 279 g/mol. The van der Waals surface area contributed by atoms with Gasteiger partial charge < -0.3 is 20.3 Å². The summed E-state index contributed by atoms with van der Waals surface area (Å²) < 4.78 is 4.81. The lowest BCUT2D eigenvalue weighted by molar-refractivity contribution is -0.124. The van der Waals surface area contributed by atoms with Crippen molar-refractivity contribution >= 4 is 17.5 Å². The molecule has 0 saturated carbocycles. The van der Waals surface area contributed by atoms with Crippen molar-refractivity contribution in [1.29, 1.82) is 0 Å². The van der Waals surface area contributed by atoms with E-state index in [0.29, 0.717) is 6.54 Å². The molecule has 1 fully saturated rings. The van der Waals surface area contributed by atoms with Crippen LogP contribution >= 0.6 is 0 Å². The number of anilines is 2. The van der Waals surface area contributed by atoms with Gasteiger partial charge in [0.15, 0.2) is 0 Å². The van der Waals surface area contributed by atoms with Crippen molar-refractivity contribution in [3.63, 3.8) is 0 Å². The lowest BCUT2D eigenvalue weighted by Crippen LogP contribution is -2.41. The van der Waals surface area contributed by atoms with Crippen LogP contribution < -0.4 is 15.5 Å². The molecule has 1 aliphatic heterocycles. The van der Waals surface area contributed by atoms with Gasteiger partial charge in [-0.1, -0.05) is 0 Å². The van der Waals surface area contributed by atoms with E-state index in [9.17, 15) is 4.79 Å². The topological polar surface area (TPSA) is 79.4 Å². The molecule has 0 aliphatic carbocycles. The third-order valence-electron chi connectivity index (χ3n) is 3.39. The number of carbonyl (C=O) groups excluding carboxylic acids is 1. The highest BCUT2D eigenvalue weighted by molar-refractivity contribution is 5.77. The van der Waals surface area contributed by atoms with Gasteiger partial charge in [-0.25, -0.2) is 9.97 Å². The number of aromatic nitrogens is 2. The van der Waals surface area contributed by atoms with Crippen molar-refractivity contribution in [2.75, 3.05) is 44.1 Å². The molecule has 1 aromatic heterocycles. The zero-order valence-electron chi connectivity index (χ0n) is 11.9. The fraction of sp³-hybridized carbons (Fsp3) is 0.615. The maximum absolute atomic E-state index is 11.5. The van der Waals surface area contributed by atoms with E-state index >= 15 is 0 Å². The molecule has 2 rings (SSSR count). The molecule has 0 spiro atoms. The first kappa shape index (κ1) is 14.5. The maximum atomic E-state index is 11.5. The first-order chi connectivity index (χ1) is 9.74. The van der Waals surface area contributed by atoms with E-state index in [2.05, 4.69) is 25.5 Å². The molecule has 0 bridgehead atoms. The van der Waals surface area contributed by atoms with Gasteiger partial charge in [-0.3, -0.25) is 4.79 Å². The monoisotopic (exact) mass is 279 g/mol. The van der Waals surface area contributed by atoms with Gasteiger partial charge in [0.05, 0.1) is 0 Å². The van der Waals surface area contributed by atoms with Gasteiger partial charge in [0, 0.05) is 39.4 Å². The largest absolute Gasteiger partial charge is 0.375 e. The number of hydrogen-bond acceptors (Lipinski definition) is 6. The molecule has 7 heteroatoms. The zero-order valence-corrected chi connectivity index (χ0v) is 11.9. The third-order valence-corrected chi connectivity index (χ3v) is 3.39. The molecular formula is C13H21N5O2. The summed E-state index contributed by atoms with van der Waals surface area (Å²) in [5, 5.41) is 5.90. The molecule has 110 valence electrons. The molecule has 0 radical (unpaired) electrons. The normalized spacial score (nSPS) is 18.1. The van der Waals surface area contributed by atoms with E-state index in [-0.39, 0.29) is 18.6 Å². The molecule has 1 saturated heterocycles. The Balaban J connectivity index is 1.97. The molecule has 1 amide bonds. The fourth-order valence-corrected chi connectivity index (χ4v) is 2.40. The van der Waals surface area contributed by atoms with Gasteiger partial charge in [-0.15, -0.1) is 0 Å². The molecule has 2 heterocycles. The smallest absolute Gasteiger partial charge is 0.246 e. The molecule has 1 aliphatic rings. The quantitative estimate of drug-likeness (QED) is 0.777. The van der Waals surface area contributed by atoms with Crippen LogP contribution in [0.15, 0.2) is 12.4 Å². The highest BCUT2D eigenvalue weighted by Crippen LogP contribution is 2.24.